The second-order valence-corrected chi connectivity index (χ2v) is 3.94. The van der Waals surface area contributed by atoms with Crippen LogP contribution in [0.2, 0.25) is 0 Å². The van der Waals surface area contributed by atoms with E-state index in [9.17, 15) is 4.79 Å². The van der Waals surface area contributed by atoms with Crippen LogP contribution in [0.1, 0.15) is 12.8 Å². The molecular formula is C9H19N3O. The summed E-state index contributed by atoms with van der Waals surface area (Å²) in [6.07, 6.45) is 2.39. The Morgan fingerprint density at radius 2 is 2.38 bits per heavy atom. The lowest BCUT2D eigenvalue weighted by atomic mass is 10.1. The minimum atomic E-state index is -0.240. The predicted molar refractivity (Wildman–Crippen MR) is 52.3 cm³/mol. The summed E-state index contributed by atoms with van der Waals surface area (Å²) >= 11 is 0. The van der Waals surface area contributed by atoms with Gasteiger partial charge in [0.25, 0.3) is 0 Å². The Bertz CT molecular complexity index is 184. The second-order valence-electron chi connectivity index (χ2n) is 3.94. The summed E-state index contributed by atoms with van der Waals surface area (Å²) in [6.45, 7) is 2.59. The first-order chi connectivity index (χ1) is 6.09. The van der Waals surface area contributed by atoms with Crippen molar-refractivity contribution < 1.29 is 4.79 Å². The molecule has 1 rings (SSSR count). The van der Waals surface area contributed by atoms with Crippen LogP contribution in [0.5, 0.6) is 0 Å². The molecule has 1 unspecified atom stereocenters. The minimum Gasteiger partial charge on any atom is -0.369 e. The predicted octanol–water partition coefficient (Wildman–Crippen LogP) is -0.502. The van der Waals surface area contributed by atoms with Gasteiger partial charge in [-0.15, -0.1) is 0 Å². The first kappa shape index (κ1) is 10.5. The van der Waals surface area contributed by atoms with Gasteiger partial charge in [0.2, 0.25) is 5.91 Å². The van der Waals surface area contributed by atoms with Crippen molar-refractivity contribution in [2.24, 2.45) is 5.73 Å². The fourth-order valence-electron chi connectivity index (χ4n) is 1.87. The maximum absolute atomic E-state index is 10.7. The number of likely N-dealkylation sites (N-methyl/N-ethyl adjacent to an activating group) is 2. The highest BCUT2D eigenvalue weighted by atomic mass is 16.1. The normalized spacial score (nSPS) is 25.0. The van der Waals surface area contributed by atoms with Crippen molar-refractivity contribution in [3.63, 3.8) is 0 Å². The van der Waals surface area contributed by atoms with Gasteiger partial charge in [0, 0.05) is 12.6 Å². The van der Waals surface area contributed by atoms with Gasteiger partial charge in [0.05, 0.1) is 6.54 Å². The van der Waals surface area contributed by atoms with Gasteiger partial charge < -0.3 is 10.6 Å². The van der Waals surface area contributed by atoms with E-state index in [1.165, 1.54) is 19.4 Å². The summed E-state index contributed by atoms with van der Waals surface area (Å²) < 4.78 is 0. The molecule has 1 fully saturated rings. The summed E-state index contributed by atoms with van der Waals surface area (Å²) in [6, 6.07) is 0.492. The summed E-state index contributed by atoms with van der Waals surface area (Å²) in [5.41, 5.74) is 5.14. The molecule has 1 aliphatic heterocycles. The summed E-state index contributed by atoms with van der Waals surface area (Å²) in [5, 5.41) is 0. The number of rotatable bonds is 3. The van der Waals surface area contributed by atoms with E-state index in [0.717, 1.165) is 6.54 Å². The standard InChI is InChI=1S/C9H19N3O/c1-11-5-3-4-8(6-11)12(2)7-9(10)13/h8H,3-7H2,1-2H3,(H2,10,13). The van der Waals surface area contributed by atoms with Crippen LogP contribution in [0, 0.1) is 0 Å². The van der Waals surface area contributed by atoms with Crippen LogP contribution < -0.4 is 5.73 Å². The molecule has 1 atom stereocenters. The van der Waals surface area contributed by atoms with E-state index in [1.807, 2.05) is 7.05 Å². The molecule has 0 saturated carbocycles. The third-order valence-corrected chi connectivity index (χ3v) is 2.63. The highest BCUT2D eigenvalue weighted by molar-refractivity contribution is 5.75. The topological polar surface area (TPSA) is 49.6 Å². The van der Waals surface area contributed by atoms with E-state index in [2.05, 4.69) is 16.8 Å². The first-order valence-corrected chi connectivity index (χ1v) is 4.76. The monoisotopic (exact) mass is 185 g/mol. The molecule has 0 aromatic heterocycles. The van der Waals surface area contributed by atoms with Crippen molar-refractivity contribution in [2.75, 3.05) is 33.7 Å². The van der Waals surface area contributed by atoms with Crippen LogP contribution in [-0.2, 0) is 4.79 Å². The van der Waals surface area contributed by atoms with Crippen LogP contribution in [0.15, 0.2) is 0 Å². The molecule has 2 N–H and O–H groups in total. The molecule has 0 aliphatic carbocycles. The number of likely N-dealkylation sites (tertiary alicyclic amines) is 1. The number of carbonyl (C=O) groups excluding carboxylic acids is 1. The van der Waals surface area contributed by atoms with Gasteiger partial charge in [0.15, 0.2) is 0 Å². The molecule has 1 heterocycles. The van der Waals surface area contributed by atoms with Crippen molar-refractivity contribution in [1.29, 1.82) is 0 Å². The Balaban J connectivity index is 2.36. The number of nitrogens with two attached hydrogens (primary N) is 1. The number of piperidine rings is 1. The molecule has 0 aromatic carbocycles. The Labute approximate surface area is 79.7 Å². The zero-order valence-electron chi connectivity index (χ0n) is 8.49. The average Bonchev–Trinajstić information content (AvgIpc) is 2.03. The van der Waals surface area contributed by atoms with Crippen LogP contribution in [-0.4, -0.2) is 55.5 Å². The first-order valence-electron chi connectivity index (χ1n) is 4.76. The Morgan fingerprint density at radius 1 is 1.69 bits per heavy atom. The maximum atomic E-state index is 10.7. The van der Waals surface area contributed by atoms with E-state index < -0.39 is 0 Å². The molecule has 4 nitrogen and oxygen atoms in total. The van der Waals surface area contributed by atoms with E-state index in [-0.39, 0.29) is 5.91 Å². The fourth-order valence-corrected chi connectivity index (χ4v) is 1.87. The third-order valence-electron chi connectivity index (χ3n) is 2.63. The quantitative estimate of drug-likeness (QED) is 0.645. The smallest absolute Gasteiger partial charge is 0.231 e. The Morgan fingerprint density at radius 3 is 2.92 bits per heavy atom. The van der Waals surface area contributed by atoms with Gasteiger partial charge in [-0.2, -0.15) is 0 Å². The van der Waals surface area contributed by atoms with Crippen LogP contribution in [0.3, 0.4) is 0 Å². The molecule has 0 bridgehead atoms. The van der Waals surface area contributed by atoms with Gasteiger partial charge in [0.1, 0.15) is 0 Å². The number of hydrogen-bond acceptors (Lipinski definition) is 3. The van der Waals surface area contributed by atoms with Crippen molar-refractivity contribution in [3.8, 4) is 0 Å². The zero-order valence-corrected chi connectivity index (χ0v) is 8.49. The second kappa shape index (κ2) is 4.58. The van der Waals surface area contributed by atoms with E-state index >= 15 is 0 Å². The van der Waals surface area contributed by atoms with Crippen molar-refractivity contribution in [2.45, 2.75) is 18.9 Å². The number of amides is 1. The average molecular weight is 185 g/mol. The van der Waals surface area contributed by atoms with Crippen LogP contribution >= 0.6 is 0 Å². The molecule has 0 aromatic rings. The molecular weight excluding hydrogens is 166 g/mol. The molecule has 0 spiro atoms. The van der Waals surface area contributed by atoms with Crippen molar-refractivity contribution in [3.05, 3.63) is 0 Å². The lowest BCUT2D eigenvalue weighted by Gasteiger charge is -2.35. The van der Waals surface area contributed by atoms with Gasteiger partial charge in [-0.25, -0.2) is 0 Å². The Hall–Kier alpha value is -0.610. The number of nitrogens with zero attached hydrogens (tertiary/aromatic N) is 2. The van der Waals surface area contributed by atoms with E-state index in [1.54, 1.807) is 0 Å². The van der Waals surface area contributed by atoms with Gasteiger partial charge in [-0.1, -0.05) is 0 Å². The zero-order chi connectivity index (χ0) is 9.84. The largest absolute Gasteiger partial charge is 0.369 e. The molecule has 1 amide bonds. The number of primary amides is 1. The van der Waals surface area contributed by atoms with Crippen molar-refractivity contribution >= 4 is 5.91 Å². The molecule has 4 heteroatoms. The van der Waals surface area contributed by atoms with E-state index in [0.29, 0.717) is 12.6 Å². The molecule has 0 radical (unpaired) electrons. The molecule has 13 heavy (non-hydrogen) atoms. The summed E-state index contributed by atoms with van der Waals surface area (Å²) in [4.78, 5) is 15.1. The minimum absolute atomic E-state index is 0.240. The highest BCUT2D eigenvalue weighted by Crippen LogP contribution is 2.12. The molecule has 1 aliphatic rings. The van der Waals surface area contributed by atoms with Gasteiger partial charge in [-0.3, -0.25) is 9.69 Å². The van der Waals surface area contributed by atoms with Crippen LogP contribution in [0.25, 0.3) is 0 Å². The molecule has 76 valence electrons. The lowest BCUT2D eigenvalue weighted by Crippen LogP contribution is -2.47. The van der Waals surface area contributed by atoms with E-state index in [4.69, 9.17) is 5.73 Å². The van der Waals surface area contributed by atoms with Gasteiger partial charge >= 0.3 is 0 Å². The van der Waals surface area contributed by atoms with Gasteiger partial charge in [-0.05, 0) is 33.5 Å². The lowest BCUT2D eigenvalue weighted by molar-refractivity contribution is -0.119. The maximum Gasteiger partial charge on any atom is 0.231 e. The molecule has 1 saturated heterocycles. The SMILES string of the molecule is CN1CCCC(N(C)CC(N)=O)C1. The van der Waals surface area contributed by atoms with Crippen molar-refractivity contribution in [1.82, 2.24) is 9.80 Å². The van der Waals surface area contributed by atoms with Crippen LogP contribution in [0.4, 0.5) is 0 Å². The fraction of sp³-hybridized carbons (Fsp3) is 0.889. The third kappa shape index (κ3) is 3.32. The Kier molecular flexibility index (Phi) is 3.69. The summed E-state index contributed by atoms with van der Waals surface area (Å²) in [7, 11) is 4.08. The number of carbonyl (C=O) groups is 1. The number of hydrogen-bond donors (Lipinski definition) is 1. The highest BCUT2D eigenvalue weighted by Gasteiger charge is 2.21. The summed E-state index contributed by atoms with van der Waals surface area (Å²) in [5.74, 6) is -0.240.